The fourth-order valence-electron chi connectivity index (χ4n) is 7.64. The van der Waals surface area contributed by atoms with Crippen LogP contribution in [0.1, 0.15) is 171 Å². The summed E-state index contributed by atoms with van der Waals surface area (Å²) in [6.45, 7) is 13.1. The Morgan fingerprint density at radius 3 is 1.52 bits per heavy atom. The number of allylic oxidation sites excluding steroid dienone is 2. The van der Waals surface area contributed by atoms with Crippen LogP contribution in [0.2, 0.25) is 0 Å². The van der Waals surface area contributed by atoms with E-state index in [9.17, 15) is 0 Å². The highest BCUT2D eigenvalue weighted by Crippen LogP contribution is 2.64. The molecule has 3 aromatic carbocycles. The van der Waals surface area contributed by atoms with Crippen molar-refractivity contribution in [3.05, 3.63) is 101 Å². The van der Waals surface area contributed by atoms with Gasteiger partial charge in [-0.05, 0) is 119 Å². The maximum Gasteiger partial charge on any atom is 0.181 e. The lowest BCUT2D eigenvalue weighted by atomic mass is 10.0. The second kappa shape index (κ2) is 28.6. The molecule has 0 N–H and O–H groups in total. The third-order valence-electron chi connectivity index (χ3n) is 11.0. The molecular formula is C50H77BrO2P+. The summed E-state index contributed by atoms with van der Waals surface area (Å²) >= 11 is 4.47. The molecule has 0 bridgehead atoms. The fourth-order valence-corrected chi connectivity index (χ4v) is 14.6. The van der Waals surface area contributed by atoms with Crippen LogP contribution in [-0.2, 0) is 15.9 Å². The van der Waals surface area contributed by atoms with Crippen molar-refractivity contribution < 1.29 is 9.47 Å². The quantitative estimate of drug-likeness (QED) is 0.0279. The average Bonchev–Trinajstić information content (AvgIpc) is 3.18. The SMILES string of the molecule is CCCCCCCCCOC(CCCCC/C=C/CCCc1cccc([P+](Br)(c2ccccc2C)c2ccccc2C)c1C)OCCCCCCCCC. The van der Waals surface area contributed by atoms with Gasteiger partial charge in [0.25, 0.3) is 0 Å². The van der Waals surface area contributed by atoms with Crippen LogP contribution < -0.4 is 15.9 Å². The lowest BCUT2D eigenvalue weighted by molar-refractivity contribution is -0.148. The summed E-state index contributed by atoms with van der Waals surface area (Å²) in [4.78, 5) is 0. The zero-order valence-corrected chi connectivity index (χ0v) is 37.7. The van der Waals surface area contributed by atoms with E-state index >= 15 is 0 Å². The predicted molar refractivity (Wildman–Crippen MR) is 245 cm³/mol. The molecule has 300 valence electrons. The van der Waals surface area contributed by atoms with Gasteiger partial charge in [0.05, 0.1) is 0 Å². The summed E-state index contributed by atoms with van der Waals surface area (Å²) < 4.78 is 12.6. The summed E-state index contributed by atoms with van der Waals surface area (Å²) in [5.41, 5.74) is 5.61. The first-order chi connectivity index (χ1) is 26.4. The standard InChI is InChI=1S/C50H77BrO2P/c1-6-8-10-12-18-22-30-41-52-50(53-42-31-23-19-13-11-9-7-2)40-25-21-17-15-14-16-20-24-35-46-36-32-39-49(45(46)5)54(51,47-37-28-26-33-43(47)3)48-38-29-27-34-44(48)4/h14,16,26-29,32-34,36-39,50H,6-13,15,17-25,30-31,35,40-42H2,1-5H3/q+1/b16-14+. The maximum atomic E-state index is 6.29. The highest BCUT2D eigenvalue weighted by Gasteiger charge is 2.47. The van der Waals surface area contributed by atoms with Crippen molar-refractivity contribution in [3.8, 4) is 0 Å². The molecule has 0 amide bonds. The van der Waals surface area contributed by atoms with Crippen molar-refractivity contribution in [3.63, 3.8) is 0 Å². The van der Waals surface area contributed by atoms with Gasteiger partial charge in [-0.25, -0.2) is 0 Å². The van der Waals surface area contributed by atoms with Crippen LogP contribution in [0.3, 0.4) is 0 Å². The van der Waals surface area contributed by atoms with Gasteiger partial charge in [0.2, 0.25) is 0 Å². The van der Waals surface area contributed by atoms with Gasteiger partial charge in [0.1, 0.15) is 15.9 Å². The number of hydrogen-bond acceptors (Lipinski definition) is 2. The van der Waals surface area contributed by atoms with Crippen molar-refractivity contribution >= 4 is 37.4 Å². The van der Waals surface area contributed by atoms with E-state index in [1.54, 1.807) is 0 Å². The third kappa shape index (κ3) is 16.8. The first kappa shape index (κ1) is 46.6. The second-order valence-corrected chi connectivity index (χ2v) is 21.5. The number of halogens is 1. The Hall–Kier alpha value is -1.77. The van der Waals surface area contributed by atoms with Crippen LogP contribution >= 0.6 is 21.5 Å². The summed E-state index contributed by atoms with van der Waals surface area (Å²) in [5, 5.41) is 4.29. The van der Waals surface area contributed by atoms with Crippen LogP contribution in [0.15, 0.2) is 78.9 Å². The predicted octanol–water partition coefficient (Wildman–Crippen LogP) is 14.9. The number of hydrogen-bond donors (Lipinski definition) is 0. The normalized spacial score (nSPS) is 12.1. The van der Waals surface area contributed by atoms with Gasteiger partial charge in [-0.1, -0.05) is 158 Å². The van der Waals surface area contributed by atoms with Gasteiger partial charge in [-0.15, -0.1) is 0 Å². The molecule has 3 aromatic rings. The van der Waals surface area contributed by atoms with Crippen LogP contribution in [0, 0.1) is 20.8 Å². The minimum atomic E-state index is -1.98. The molecular weight excluding hydrogens is 743 g/mol. The molecule has 0 fully saturated rings. The topological polar surface area (TPSA) is 18.5 Å². The van der Waals surface area contributed by atoms with Gasteiger partial charge in [-0.2, -0.15) is 0 Å². The minimum absolute atomic E-state index is 0.0204. The molecule has 0 aliphatic heterocycles. The van der Waals surface area contributed by atoms with Crippen molar-refractivity contribution in [1.29, 1.82) is 0 Å². The van der Waals surface area contributed by atoms with Crippen molar-refractivity contribution in [2.24, 2.45) is 0 Å². The Morgan fingerprint density at radius 1 is 0.519 bits per heavy atom. The van der Waals surface area contributed by atoms with Gasteiger partial charge >= 0.3 is 0 Å². The fraction of sp³-hybridized carbons (Fsp3) is 0.600. The maximum absolute atomic E-state index is 6.29. The number of rotatable bonds is 31. The van der Waals surface area contributed by atoms with Crippen LogP contribution in [0.5, 0.6) is 0 Å². The highest BCUT2D eigenvalue weighted by molar-refractivity contribution is 9.44. The number of unbranched alkanes of at least 4 members (excludes halogenated alkanes) is 16. The first-order valence-electron chi connectivity index (χ1n) is 22.1. The lowest BCUT2D eigenvalue weighted by Crippen LogP contribution is -2.31. The van der Waals surface area contributed by atoms with Crippen LogP contribution in [0.25, 0.3) is 0 Å². The van der Waals surface area contributed by atoms with Gasteiger partial charge in [-0.3, -0.25) is 0 Å². The van der Waals surface area contributed by atoms with Gasteiger partial charge in [0.15, 0.2) is 27.7 Å². The van der Waals surface area contributed by atoms with Crippen molar-refractivity contribution in [2.45, 2.75) is 182 Å². The molecule has 4 heteroatoms. The molecule has 0 aliphatic rings. The molecule has 3 rings (SSSR count). The monoisotopic (exact) mass is 819 g/mol. The minimum Gasteiger partial charge on any atom is -0.353 e. The Labute approximate surface area is 341 Å². The molecule has 0 heterocycles. The summed E-state index contributed by atoms with van der Waals surface area (Å²) in [5.74, 6) is -1.98. The van der Waals surface area contributed by atoms with E-state index < -0.39 is 5.96 Å². The van der Waals surface area contributed by atoms with Gasteiger partial charge in [0, 0.05) is 13.2 Å². The van der Waals surface area contributed by atoms with Crippen molar-refractivity contribution in [2.75, 3.05) is 13.2 Å². The van der Waals surface area contributed by atoms with E-state index in [4.69, 9.17) is 9.47 Å². The second-order valence-electron chi connectivity index (χ2n) is 15.6. The third-order valence-corrected chi connectivity index (χ3v) is 18.0. The molecule has 0 unspecified atom stereocenters. The summed E-state index contributed by atoms with van der Waals surface area (Å²) in [7, 11) is 0. The lowest BCUT2D eigenvalue weighted by Gasteiger charge is -2.25. The van der Waals surface area contributed by atoms with E-state index in [0.717, 1.165) is 32.5 Å². The zero-order chi connectivity index (χ0) is 38.7. The molecule has 0 saturated carbocycles. The molecule has 0 saturated heterocycles. The Bertz CT molecular complexity index is 1370. The molecule has 0 spiro atoms. The van der Waals surface area contributed by atoms with E-state index in [2.05, 4.69) is 129 Å². The van der Waals surface area contributed by atoms with E-state index in [0.29, 0.717) is 0 Å². The first-order valence-corrected chi connectivity index (χ1v) is 25.9. The highest BCUT2D eigenvalue weighted by atomic mass is 79.9. The Balaban J connectivity index is 1.42. The van der Waals surface area contributed by atoms with Crippen LogP contribution in [-0.4, -0.2) is 19.5 Å². The number of benzene rings is 3. The molecule has 0 aliphatic carbocycles. The largest absolute Gasteiger partial charge is 0.353 e. The molecule has 2 nitrogen and oxygen atoms in total. The molecule has 0 aromatic heterocycles. The van der Waals surface area contributed by atoms with Crippen molar-refractivity contribution in [1.82, 2.24) is 0 Å². The summed E-state index contributed by atoms with van der Waals surface area (Å²) in [6.07, 6.45) is 32.6. The van der Waals surface area contributed by atoms with E-state index in [1.807, 2.05) is 0 Å². The van der Waals surface area contributed by atoms with Gasteiger partial charge < -0.3 is 9.47 Å². The molecule has 0 radical (unpaired) electrons. The van der Waals surface area contributed by atoms with E-state index in [-0.39, 0.29) is 6.29 Å². The Kier molecular flexibility index (Phi) is 24.7. The average molecular weight is 821 g/mol. The van der Waals surface area contributed by atoms with E-state index in [1.165, 1.54) is 160 Å². The Morgan fingerprint density at radius 2 is 0.981 bits per heavy atom. The smallest absolute Gasteiger partial charge is 0.181 e. The summed E-state index contributed by atoms with van der Waals surface area (Å²) in [6, 6.07) is 24.9. The van der Waals surface area contributed by atoms with Crippen LogP contribution in [0.4, 0.5) is 0 Å². The number of ether oxygens (including phenoxy) is 2. The number of aryl methyl sites for hydroxylation is 3. The molecule has 0 atom stereocenters. The molecule has 54 heavy (non-hydrogen) atoms. The zero-order valence-electron chi connectivity index (χ0n) is 35.2.